The van der Waals surface area contributed by atoms with Crippen molar-refractivity contribution < 1.29 is 38.2 Å². The van der Waals surface area contributed by atoms with Gasteiger partial charge in [0.2, 0.25) is 0 Å². The summed E-state index contributed by atoms with van der Waals surface area (Å²) in [6.45, 7) is 4.54. The Bertz CT molecular complexity index is 803. The van der Waals surface area contributed by atoms with Crippen LogP contribution in [0.25, 0.3) is 0 Å². The number of allylic oxidation sites excluding steroid dienone is 4. The number of rotatable bonds is 31. The van der Waals surface area contributed by atoms with Crippen molar-refractivity contribution in [3.8, 4) is 0 Å². The monoisotopic (exact) mass is 637 g/mol. The summed E-state index contributed by atoms with van der Waals surface area (Å²) in [4.78, 5) is 36.4. The Balaban J connectivity index is 4.54. The number of carbonyl (C=O) groups excluding carboxylic acids is 3. The molecule has 2 atom stereocenters. The van der Waals surface area contributed by atoms with Gasteiger partial charge in [-0.25, -0.2) is 0 Å². The van der Waals surface area contributed by atoms with Crippen LogP contribution in [-0.4, -0.2) is 75.5 Å². The number of nitrogens with zero attached hydrogens (tertiary/aromatic N) is 1. The molecule has 0 rings (SSSR count). The van der Waals surface area contributed by atoms with Gasteiger partial charge in [0.05, 0.1) is 40.3 Å². The molecule has 0 aliphatic heterocycles. The van der Waals surface area contributed by atoms with Crippen molar-refractivity contribution in [2.45, 2.75) is 154 Å². The van der Waals surface area contributed by atoms with Crippen molar-refractivity contribution in [1.29, 1.82) is 0 Å². The second kappa shape index (κ2) is 29.2. The third-order valence-corrected chi connectivity index (χ3v) is 7.85. The molecule has 0 aliphatic carbocycles. The first-order valence-corrected chi connectivity index (χ1v) is 17.9. The van der Waals surface area contributed by atoms with Crippen molar-refractivity contribution in [2.75, 3.05) is 41.0 Å². The highest BCUT2D eigenvalue weighted by molar-refractivity contribution is 5.70. The van der Waals surface area contributed by atoms with Crippen LogP contribution < -0.4 is 5.11 Å². The van der Waals surface area contributed by atoms with Gasteiger partial charge in [-0.15, -0.1) is 0 Å². The van der Waals surface area contributed by atoms with Crippen LogP contribution in [0.4, 0.5) is 0 Å². The molecule has 0 aromatic rings. The summed E-state index contributed by atoms with van der Waals surface area (Å²) in [6, 6.07) is -0.729. The highest BCUT2D eigenvalue weighted by Crippen LogP contribution is 2.12. The SMILES string of the molecule is CCCCCCCC/C=C/C/C=C/CCC(=O)OC(COCCC(C(=O)[O-])[N+](C)(C)C)COC(=O)CCCCCCCCCC. The van der Waals surface area contributed by atoms with Gasteiger partial charge in [-0.05, 0) is 32.1 Å². The maximum absolute atomic E-state index is 12.5. The van der Waals surface area contributed by atoms with E-state index in [9.17, 15) is 19.5 Å². The summed E-state index contributed by atoms with van der Waals surface area (Å²) in [5.74, 6) is -1.83. The normalized spacial score (nSPS) is 13.4. The highest BCUT2D eigenvalue weighted by Gasteiger charge is 2.25. The maximum Gasteiger partial charge on any atom is 0.306 e. The fourth-order valence-electron chi connectivity index (χ4n) is 5.00. The van der Waals surface area contributed by atoms with Gasteiger partial charge in [0.25, 0.3) is 0 Å². The van der Waals surface area contributed by atoms with E-state index in [2.05, 4.69) is 32.1 Å². The van der Waals surface area contributed by atoms with E-state index in [1.165, 1.54) is 70.6 Å². The van der Waals surface area contributed by atoms with Crippen LogP contribution in [0.3, 0.4) is 0 Å². The lowest BCUT2D eigenvalue weighted by atomic mass is 10.1. The number of aliphatic carboxylic acids is 1. The van der Waals surface area contributed by atoms with Crippen molar-refractivity contribution >= 4 is 17.9 Å². The van der Waals surface area contributed by atoms with Gasteiger partial charge >= 0.3 is 11.9 Å². The summed E-state index contributed by atoms with van der Waals surface area (Å²) in [5.41, 5.74) is 0. The molecule has 0 bridgehead atoms. The molecule has 0 fully saturated rings. The van der Waals surface area contributed by atoms with Crippen LogP contribution in [-0.2, 0) is 28.6 Å². The van der Waals surface area contributed by atoms with E-state index >= 15 is 0 Å². The number of hydrogen-bond acceptors (Lipinski definition) is 7. The lowest BCUT2D eigenvalue weighted by Crippen LogP contribution is -2.55. The first-order chi connectivity index (χ1) is 21.6. The zero-order valence-electron chi connectivity index (χ0n) is 29.5. The third kappa shape index (κ3) is 27.8. The number of ether oxygens (including phenoxy) is 3. The number of quaternary nitrogens is 1. The summed E-state index contributed by atoms with van der Waals surface area (Å²) in [5, 5.41) is 11.5. The van der Waals surface area contributed by atoms with Crippen LogP contribution >= 0.6 is 0 Å². The van der Waals surface area contributed by atoms with E-state index in [-0.39, 0.29) is 49.1 Å². The third-order valence-electron chi connectivity index (χ3n) is 7.85. The molecular formula is C37H67NO7. The van der Waals surface area contributed by atoms with E-state index in [1.54, 1.807) is 21.1 Å². The van der Waals surface area contributed by atoms with Crippen LogP contribution in [0.2, 0.25) is 0 Å². The van der Waals surface area contributed by atoms with Crippen LogP contribution in [0.15, 0.2) is 24.3 Å². The molecule has 0 heterocycles. The topological polar surface area (TPSA) is 102 Å². The molecule has 0 saturated carbocycles. The van der Waals surface area contributed by atoms with Crippen LogP contribution in [0.1, 0.15) is 142 Å². The molecule has 0 radical (unpaired) electrons. The summed E-state index contributed by atoms with van der Waals surface area (Å²) in [7, 11) is 5.37. The molecule has 0 N–H and O–H groups in total. The number of carbonyl (C=O) groups is 3. The largest absolute Gasteiger partial charge is 0.544 e. The van der Waals surface area contributed by atoms with Gasteiger partial charge < -0.3 is 28.6 Å². The Morgan fingerprint density at radius 2 is 1.22 bits per heavy atom. The molecule has 0 aliphatic rings. The standard InChI is InChI=1S/C37H67NO7/c1-6-8-10-12-14-16-17-18-19-20-22-24-26-28-36(40)45-33(31-43-30-29-34(37(41)42)38(3,4)5)32-44-35(39)27-25-23-21-15-13-11-9-7-2/h18-19,22,24,33-34H,6-17,20-21,23,25-32H2,1-5H3/b19-18+,24-22+. The second-order valence-electron chi connectivity index (χ2n) is 13.1. The van der Waals surface area contributed by atoms with Crippen molar-refractivity contribution in [2.24, 2.45) is 0 Å². The average Bonchev–Trinajstić information content (AvgIpc) is 2.98. The molecule has 0 spiro atoms. The van der Waals surface area contributed by atoms with Crippen LogP contribution in [0.5, 0.6) is 0 Å². The molecule has 2 unspecified atom stereocenters. The summed E-state index contributed by atoms with van der Waals surface area (Å²) >= 11 is 0. The minimum absolute atomic E-state index is 0.0208. The quantitative estimate of drug-likeness (QED) is 0.0342. The molecule has 0 amide bonds. The highest BCUT2D eigenvalue weighted by atomic mass is 16.6. The van der Waals surface area contributed by atoms with Gasteiger partial charge in [0.1, 0.15) is 12.6 Å². The minimum atomic E-state index is -1.13. The predicted octanol–water partition coefficient (Wildman–Crippen LogP) is 7.24. The van der Waals surface area contributed by atoms with E-state index in [0.29, 0.717) is 12.8 Å². The Morgan fingerprint density at radius 3 is 1.80 bits per heavy atom. The Labute approximate surface area is 275 Å². The smallest absolute Gasteiger partial charge is 0.306 e. The van der Waals surface area contributed by atoms with E-state index in [1.807, 2.05) is 6.08 Å². The van der Waals surface area contributed by atoms with Crippen LogP contribution in [0, 0.1) is 0 Å². The van der Waals surface area contributed by atoms with E-state index in [4.69, 9.17) is 14.2 Å². The zero-order chi connectivity index (χ0) is 33.6. The fraction of sp³-hybridized carbons (Fsp3) is 0.811. The molecule has 8 heteroatoms. The fourth-order valence-corrected chi connectivity index (χ4v) is 5.00. The first-order valence-electron chi connectivity index (χ1n) is 17.9. The zero-order valence-corrected chi connectivity index (χ0v) is 29.5. The van der Waals surface area contributed by atoms with Crippen molar-refractivity contribution in [1.82, 2.24) is 0 Å². The number of unbranched alkanes of at least 4 members (excludes halogenated alkanes) is 13. The van der Waals surface area contributed by atoms with Gasteiger partial charge in [-0.2, -0.15) is 0 Å². The summed E-state index contributed by atoms with van der Waals surface area (Å²) in [6.07, 6.45) is 28.0. The minimum Gasteiger partial charge on any atom is -0.544 e. The van der Waals surface area contributed by atoms with Crippen molar-refractivity contribution in [3.05, 3.63) is 24.3 Å². The van der Waals surface area contributed by atoms with Gasteiger partial charge in [0, 0.05) is 19.3 Å². The molecule has 8 nitrogen and oxygen atoms in total. The number of carboxylic acid groups (broad SMARTS) is 1. The van der Waals surface area contributed by atoms with Crippen molar-refractivity contribution in [3.63, 3.8) is 0 Å². The molecule has 262 valence electrons. The second-order valence-corrected chi connectivity index (χ2v) is 13.1. The van der Waals surface area contributed by atoms with E-state index < -0.39 is 18.1 Å². The van der Waals surface area contributed by atoms with Gasteiger partial charge in [-0.1, -0.05) is 115 Å². The molecule has 0 saturated heterocycles. The lowest BCUT2D eigenvalue weighted by molar-refractivity contribution is -0.889. The first kappa shape index (κ1) is 42.8. The lowest BCUT2D eigenvalue weighted by Gasteiger charge is -2.34. The average molecular weight is 638 g/mol. The van der Waals surface area contributed by atoms with Gasteiger partial charge in [-0.3, -0.25) is 9.59 Å². The predicted molar refractivity (Wildman–Crippen MR) is 180 cm³/mol. The Hall–Kier alpha value is -2.19. The summed E-state index contributed by atoms with van der Waals surface area (Å²) < 4.78 is 16.9. The Morgan fingerprint density at radius 1 is 0.667 bits per heavy atom. The molecule has 0 aromatic heterocycles. The number of hydrogen-bond donors (Lipinski definition) is 0. The maximum atomic E-state index is 12.5. The molecule has 45 heavy (non-hydrogen) atoms. The number of esters is 2. The molecule has 0 aromatic carbocycles. The Kier molecular flexibility index (Phi) is 27.8. The van der Waals surface area contributed by atoms with E-state index in [0.717, 1.165) is 32.1 Å². The number of carboxylic acids is 1. The number of likely N-dealkylation sites (N-methyl/N-ethyl adjacent to an activating group) is 1. The molecular weight excluding hydrogens is 570 g/mol. The van der Waals surface area contributed by atoms with Gasteiger partial charge in [0.15, 0.2) is 6.10 Å².